The Bertz CT molecular complexity index is 447. The van der Waals surface area contributed by atoms with E-state index in [2.05, 4.69) is 27.3 Å². The largest absolute Gasteiger partial charge is 0.394 e. The lowest BCUT2D eigenvalue weighted by Crippen LogP contribution is -2.25. The first-order valence-corrected chi connectivity index (χ1v) is 8.06. The summed E-state index contributed by atoms with van der Waals surface area (Å²) in [4.78, 5) is 0.263. The molecular weight excluding hydrogens is 369 g/mol. The Morgan fingerprint density at radius 3 is 2.50 bits per heavy atom. The Morgan fingerprint density at radius 1 is 1.22 bits per heavy atom. The van der Waals surface area contributed by atoms with Gasteiger partial charge in [-0.2, -0.15) is 0 Å². The number of ether oxygens (including phenoxy) is 1. The number of rotatable bonds is 8. The van der Waals surface area contributed by atoms with Crippen molar-refractivity contribution in [3.63, 3.8) is 0 Å². The minimum atomic E-state index is -3.43. The summed E-state index contributed by atoms with van der Waals surface area (Å²) >= 11 is 2.12. The fourth-order valence-corrected chi connectivity index (χ4v) is 2.68. The van der Waals surface area contributed by atoms with Crippen LogP contribution in [-0.2, 0) is 14.8 Å². The molecular formula is C11H16INO4S. The topological polar surface area (TPSA) is 75.6 Å². The summed E-state index contributed by atoms with van der Waals surface area (Å²) in [6.45, 7) is 1.01. The first kappa shape index (κ1) is 15.8. The maximum Gasteiger partial charge on any atom is 0.240 e. The second-order valence-electron chi connectivity index (χ2n) is 3.54. The van der Waals surface area contributed by atoms with Crippen molar-refractivity contribution in [3.8, 4) is 0 Å². The lowest BCUT2D eigenvalue weighted by molar-refractivity contribution is 0.0913. The molecule has 0 unspecified atom stereocenters. The molecule has 102 valence electrons. The van der Waals surface area contributed by atoms with Crippen LogP contribution in [0, 0.1) is 3.57 Å². The van der Waals surface area contributed by atoms with Crippen molar-refractivity contribution in [1.82, 2.24) is 4.72 Å². The van der Waals surface area contributed by atoms with Crippen LogP contribution in [0.2, 0.25) is 0 Å². The molecule has 0 fully saturated rings. The highest BCUT2D eigenvalue weighted by Crippen LogP contribution is 2.11. The molecule has 0 saturated heterocycles. The van der Waals surface area contributed by atoms with Gasteiger partial charge in [0.2, 0.25) is 10.0 Å². The summed E-state index contributed by atoms with van der Waals surface area (Å²) in [5.74, 6) is 0. The molecule has 18 heavy (non-hydrogen) atoms. The first-order valence-electron chi connectivity index (χ1n) is 5.50. The molecule has 0 atom stereocenters. The number of hydrogen-bond acceptors (Lipinski definition) is 4. The number of benzene rings is 1. The van der Waals surface area contributed by atoms with Gasteiger partial charge in [-0.05, 0) is 53.3 Å². The van der Waals surface area contributed by atoms with E-state index >= 15 is 0 Å². The molecule has 1 aromatic rings. The van der Waals surface area contributed by atoms with Crippen LogP contribution in [0.25, 0.3) is 0 Å². The molecule has 0 heterocycles. The third-order valence-corrected chi connectivity index (χ3v) is 4.31. The number of hydrogen-bond donors (Lipinski definition) is 2. The molecule has 0 saturated carbocycles. The number of nitrogens with one attached hydrogen (secondary N) is 1. The van der Waals surface area contributed by atoms with Gasteiger partial charge in [0.15, 0.2) is 0 Å². The van der Waals surface area contributed by atoms with E-state index in [-0.39, 0.29) is 18.1 Å². The van der Waals surface area contributed by atoms with E-state index in [1.165, 1.54) is 0 Å². The van der Waals surface area contributed by atoms with Gasteiger partial charge in [0.25, 0.3) is 0 Å². The smallest absolute Gasteiger partial charge is 0.240 e. The summed E-state index contributed by atoms with van der Waals surface area (Å²) in [7, 11) is -3.43. The molecule has 0 radical (unpaired) electrons. The number of aliphatic hydroxyl groups is 1. The predicted molar refractivity (Wildman–Crippen MR) is 76.9 cm³/mol. The van der Waals surface area contributed by atoms with Crippen LogP contribution < -0.4 is 4.72 Å². The van der Waals surface area contributed by atoms with Gasteiger partial charge in [0.05, 0.1) is 18.1 Å². The summed E-state index contributed by atoms with van der Waals surface area (Å²) in [6, 6.07) is 6.65. The second kappa shape index (κ2) is 8.05. The Labute approximate surface area is 121 Å². The van der Waals surface area contributed by atoms with Crippen LogP contribution in [0.1, 0.15) is 6.42 Å². The molecule has 2 N–H and O–H groups in total. The Hall–Kier alpha value is -0.220. The highest BCUT2D eigenvalue weighted by molar-refractivity contribution is 14.1. The molecule has 1 rings (SSSR count). The van der Waals surface area contributed by atoms with Gasteiger partial charge < -0.3 is 9.84 Å². The average molecular weight is 385 g/mol. The molecule has 0 aromatic heterocycles. The van der Waals surface area contributed by atoms with E-state index in [0.717, 1.165) is 3.57 Å². The normalized spacial score (nSPS) is 11.7. The Balaban J connectivity index is 2.38. The fourth-order valence-electron chi connectivity index (χ4n) is 1.24. The van der Waals surface area contributed by atoms with Gasteiger partial charge in [-0.3, -0.25) is 0 Å². The average Bonchev–Trinajstić information content (AvgIpc) is 2.34. The van der Waals surface area contributed by atoms with Gasteiger partial charge in [-0.15, -0.1) is 0 Å². The van der Waals surface area contributed by atoms with Gasteiger partial charge in [0.1, 0.15) is 0 Å². The maximum absolute atomic E-state index is 11.8. The first-order chi connectivity index (χ1) is 8.56. The molecule has 0 bridgehead atoms. The standard InChI is InChI=1S/C11H16INO4S/c12-10-2-4-11(5-3-10)18(15,16)13-6-1-8-17-9-7-14/h2-5,13-14H,1,6-9H2. The highest BCUT2D eigenvalue weighted by Gasteiger charge is 2.12. The van der Waals surface area contributed by atoms with Gasteiger partial charge in [-0.1, -0.05) is 0 Å². The summed E-state index contributed by atoms with van der Waals surface area (Å²) in [5, 5.41) is 8.49. The van der Waals surface area contributed by atoms with Crippen molar-refractivity contribution in [1.29, 1.82) is 0 Å². The molecule has 0 aliphatic carbocycles. The molecule has 7 heteroatoms. The fraction of sp³-hybridized carbons (Fsp3) is 0.455. The van der Waals surface area contributed by atoms with Crippen molar-refractivity contribution >= 4 is 32.6 Å². The number of sulfonamides is 1. The highest BCUT2D eigenvalue weighted by atomic mass is 127. The van der Waals surface area contributed by atoms with Crippen molar-refractivity contribution in [2.24, 2.45) is 0 Å². The molecule has 1 aromatic carbocycles. The van der Waals surface area contributed by atoms with Gasteiger partial charge in [0, 0.05) is 16.7 Å². The monoisotopic (exact) mass is 385 g/mol. The zero-order valence-corrected chi connectivity index (χ0v) is 12.8. The third kappa shape index (κ3) is 5.61. The summed E-state index contributed by atoms with van der Waals surface area (Å²) < 4.78 is 32.2. The van der Waals surface area contributed by atoms with Crippen LogP contribution in [0.4, 0.5) is 0 Å². The number of halogens is 1. The third-order valence-electron chi connectivity index (χ3n) is 2.12. The van der Waals surface area contributed by atoms with Crippen LogP contribution in [-0.4, -0.2) is 39.9 Å². The summed E-state index contributed by atoms with van der Waals surface area (Å²) in [6.07, 6.45) is 0.573. The SMILES string of the molecule is O=S(=O)(NCCCOCCO)c1ccc(I)cc1. The molecule has 0 aliphatic rings. The predicted octanol–water partition coefficient (Wildman–Crippen LogP) is 0.968. The van der Waals surface area contributed by atoms with E-state index in [4.69, 9.17) is 9.84 Å². The lowest BCUT2D eigenvalue weighted by Gasteiger charge is -2.07. The van der Waals surface area contributed by atoms with E-state index in [1.807, 2.05) is 0 Å². The number of aliphatic hydroxyl groups excluding tert-OH is 1. The molecule has 0 spiro atoms. The van der Waals surface area contributed by atoms with Crippen molar-refractivity contribution in [3.05, 3.63) is 27.8 Å². The minimum Gasteiger partial charge on any atom is -0.394 e. The van der Waals surface area contributed by atoms with Crippen LogP contribution in [0.15, 0.2) is 29.2 Å². The lowest BCUT2D eigenvalue weighted by atomic mass is 10.4. The van der Waals surface area contributed by atoms with Gasteiger partial charge in [-0.25, -0.2) is 13.1 Å². The van der Waals surface area contributed by atoms with E-state index in [9.17, 15) is 8.42 Å². The summed E-state index contributed by atoms with van der Waals surface area (Å²) in [5.41, 5.74) is 0. The quantitative estimate of drug-likeness (QED) is 0.517. The van der Waals surface area contributed by atoms with E-state index < -0.39 is 10.0 Å². The molecule has 5 nitrogen and oxygen atoms in total. The molecule has 0 aliphatic heterocycles. The van der Waals surface area contributed by atoms with E-state index in [1.54, 1.807) is 24.3 Å². The molecule has 0 amide bonds. The second-order valence-corrected chi connectivity index (χ2v) is 6.55. The maximum atomic E-state index is 11.8. The zero-order valence-electron chi connectivity index (χ0n) is 9.80. The minimum absolute atomic E-state index is 0.0195. The van der Waals surface area contributed by atoms with Crippen LogP contribution in [0.3, 0.4) is 0 Å². The Kier molecular flexibility index (Phi) is 7.08. The van der Waals surface area contributed by atoms with Crippen LogP contribution >= 0.6 is 22.6 Å². The van der Waals surface area contributed by atoms with E-state index in [0.29, 0.717) is 19.6 Å². The van der Waals surface area contributed by atoms with Gasteiger partial charge >= 0.3 is 0 Å². The van der Waals surface area contributed by atoms with Crippen LogP contribution in [0.5, 0.6) is 0 Å². The van der Waals surface area contributed by atoms with Crippen molar-refractivity contribution < 1.29 is 18.3 Å². The van der Waals surface area contributed by atoms with Crippen molar-refractivity contribution in [2.45, 2.75) is 11.3 Å². The zero-order chi connectivity index (χ0) is 13.4. The Morgan fingerprint density at radius 2 is 1.89 bits per heavy atom. The van der Waals surface area contributed by atoms with Crippen molar-refractivity contribution in [2.75, 3.05) is 26.4 Å².